The van der Waals surface area contributed by atoms with Gasteiger partial charge >= 0.3 is 0 Å². The second kappa shape index (κ2) is 4.58. The molecule has 1 N–H and O–H groups in total. The number of rotatable bonds is 3. The lowest BCUT2D eigenvalue weighted by atomic mass is 9.93. The molecule has 0 saturated carbocycles. The third-order valence-electron chi connectivity index (χ3n) is 2.57. The Bertz CT molecular complexity index is 496. The standard InChI is InChI=1S/C12H17N3OS/c1-12(2,3)9-8-17-11(14-9)6-15-5-4-13-10(15)7-16/h4-5,8,16H,6-7H2,1-3H3. The highest BCUT2D eigenvalue weighted by atomic mass is 32.1. The van der Waals surface area contributed by atoms with Crippen LogP contribution in [-0.2, 0) is 18.6 Å². The largest absolute Gasteiger partial charge is 0.388 e. The Morgan fingerprint density at radius 3 is 2.76 bits per heavy atom. The predicted molar refractivity (Wildman–Crippen MR) is 68.1 cm³/mol. The molecule has 2 aromatic rings. The molecular weight excluding hydrogens is 234 g/mol. The third-order valence-corrected chi connectivity index (χ3v) is 3.40. The van der Waals surface area contributed by atoms with Crippen LogP contribution in [0, 0.1) is 0 Å². The summed E-state index contributed by atoms with van der Waals surface area (Å²) in [6, 6.07) is 0. The molecular formula is C12H17N3OS. The number of nitrogens with zero attached hydrogens (tertiary/aromatic N) is 3. The summed E-state index contributed by atoms with van der Waals surface area (Å²) in [7, 11) is 0. The first-order valence-electron chi connectivity index (χ1n) is 5.56. The molecule has 17 heavy (non-hydrogen) atoms. The molecule has 0 bridgehead atoms. The van der Waals surface area contributed by atoms with E-state index in [0.717, 1.165) is 10.7 Å². The predicted octanol–water partition coefficient (Wildman–Crippen LogP) is 2.18. The van der Waals surface area contributed by atoms with E-state index in [1.54, 1.807) is 17.5 Å². The molecule has 0 aliphatic carbocycles. The van der Waals surface area contributed by atoms with E-state index < -0.39 is 0 Å². The van der Waals surface area contributed by atoms with Crippen molar-refractivity contribution < 1.29 is 5.11 Å². The molecule has 92 valence electrons. The first kappa shape index (κ1) is 12.3. The van der Waals surface area contributed by atoms with E-state index in [0.29, 0.717) is 12.4 Å². The second-order valence-electron chi connectivity index (χ2n) is 5.01. The van der Waals surface area contributed by atoms with E-state index in [1.165, 1.54) is 0 Å². The van der Waals surface area contributed by atoms with Gasteiger partial charge in [-0.1, -0.05) is 20.8 Å². The zero-order chi connectivity index (χ0) is 12.5. The van der Waals surface area contributed by atoms with Gasteiger partial charge in [-0.15, -0.1) is 11.3 Å². The summed E-state index contributed by atoms with van der Waals surface area (Å²) in [6.45, 7) is 7.10. The van der Waals surface area contributed by atoms with Gasteiger partial charge in [0.2, 0.25) is 0 Å². The molecule has 0 amide bonds. The molecule has 0 unspecified atom stereocenters. The van der Waals surface area contributed by atoms with Gasteiger partial charge in [0.15, 0.2) is 0 Å². The van der Waals surface area contributed by atoms with Crippen LogP contribution in [0.5, 0.6) is 0 Å². The average Bonchev–Trinajstić information content (AvgIpc) is 2.86. The van der Waals surface area contributed by atoms with E-state index >= 15 is 0 Å². The van der Waals surface area contributed by atoms with Crippen molar-refractivity contribution >= 4 is 11.3 Å². The van der Waals surface area contributed by atoms with Gasteiger partial charge in [0, 0.05) is 23.2 Å². The van der Waals surface area contributed by atoms with E-state index in [1.807, 2.05) is 10.8 Å². The lowest BCUT2D eigenvalue weighted by Gasteiger charge is -2.14. The SMILES string of the molecule is CC(C)(C)c1csc(Cn2ccnc2CO)n1. The monoisotopic (exact) mass is 251 g/mol. The molecule has 0 saturated heterocycles. The van der Waals surface area contributed by atoms with Crippen molar-refractivity contribution in [2.75, 3.05) is 0 Å². The van der Waals surface area contributed by atoms with Crippen molar-refractivity contribution in [3.05, 3.63) is 34.3 Å². The maximum absolute atomic E-state index is 9.12. The van der Waals surface area contributed by atoms with Crippen molar-refractivity contribution in [1.82, 2.24) is 14.5 Å². The van der Waals surface area contributed by atoms with Crippen molar-refractivity contribution in [2.45, 2.75) is 39.3 Å². The fourth-order valence-electron chi connectivity index (χ4n) is 1.51. The molecule has 0 radical (unpaired) electrons. The number of hydrogen-bond donors (Lipinski definition) is 1. The minimum Gasteiger partial charge on any atom is -0.388 e. The molecule has 0 aromatic carbocycles. The molecule has 0 atom stereocenters. The molecule has 5 heteroatoms. The Hall–Kier alpha value is -1.20. The number of aliphatic hydroxyl groups excluding tert-OH is 1. The van der Waals surface area contributed by atoms with Gasteiger partial charge in [0.1, 0.15) is 17.4 Å². The highest BCUT2D eigenvalue weighted by Gasteiger charge is 2.17. The van der Waals surface area contributed by atoms with Crippen molar-refractivity contribution in [1.29, 1.82) is 0 Å². The first-order chi connectivity index (χ1) is 8.00. The summed E-state index contributed by atoms with van der Waals surface area (Å²) in [5.41, 5.74) is 1.20. The van der Waals surface area contributed by atoms with Gasteiger partial charge in [0.05, 0.1) is 12.2 Å². The smallest absolute Gasteiger partial charge is 0.134 e. The third kappa shape index (κ3) is 2.73. The average molecular weight is 251 g/mol. The van der Waals surface area contributed by atoms with Gasteiger partial charge in [-0.3, -0.25) is 0 Å². The summed E-state index contributed by atoms with van der Waals surface area (Å²) in [4.78, 5) is 8.70. The zero-order valence-electron chi connectivity index (χ0n) is 10.3. The Kier molecular flexibility index (Phi) is 3.31. The molecule has 2 rings (SSSR count). The van der Waals surface area contributed by atoms with Gasteiger partial charge in [0.25, 0.3) is 0 Å². The minimum atomic E-state index is -0.0372. The Morgan fingerprint density at radius 2 is 2.18 bits per heavy atom. The van der Waals surface area contributed by atoms with Crippen LogP contribution in [0.3, 0.4) is 0 Å². The highest BCUT2D eigenvalue weighted by Crippen LogP contribution is 2.24. The molecule has 2 heterocycles. The molecule has 0 spiro atoms. The van der Waals surface area contributed by atoms with Crippen molar-refractivity contribution in [3.63, 3.8) is 0 Å². The van der Waals surface area contributed by atoms with Crippen LogP contribution in [0.1, 0.15) is 37.3 Å². The van der Waals surface area contributed by atoms with Crippen LogP contribution in [0.4, 0.5) is 0 Å². The Labute approximate surface area is 105 Å². The second-order valence-corrected chi connectivity index (χ2v) is 5.95. The quantitative estimate of drug-likeness (QED) is 0.909. The first-order valence-corrected chi connectivity index (χ1v) is 6.44. The minimum absolute atomic E-state index is 0.0372. The van der Waals surface area contributed by atoms with Crippen LogP contribution in [0.25, 0.3) is 0 Å². The molecule has 4 nitrogen and oxygen atoms in total. The maximum atomic E-state index is 9.12. The molecule has 0 fully saturated rings. The van der Waals surface area contributed by atoms with Gasteiger partial charge in [-0.05, 0) is 0 Å². The van der Waals surface area contributed by atoms with Crippen LogP contribution < -0.4 is 0 Å². The number of imidazole rings is 1. The number of hydrogen-bond acceptors (Lipinski definition) is 4. The summed E-state index contributed by atoms with van der Waals surface area (Å²) < 4.78 is 1.92. The van der Waals surface area contributed by atoms with Crippen molar-refractivity contribution in [3.8, 4) is 0 Å². The fourth-order valence-corrected chi connectivity index (χ4v) is 2.53. The van der Waals surface area contributed by atoms with E-state index in [4.69, 9.17) is 5.11 Å². The molecule has 2 aromatic heterocycles. The summed E-state index contributed by atoms with van der Waals surface area (Å²) in [6.07, 6.45) is 3.56. The van der Waals surface area contributed by atoms with E-state index in [2.05, 4.69) is 36.1 Å². The topological polar surface area (TPSA) is 50.9 Å². The highest BCUT2D eigenvalue weighted by molar-refractivity contribution is 7.09. The van der Waals surface area contributed by atoms with Gasteiger partial charge < -0.3 is 9.67 Å². The van der Waals surface area contributed by atoms with Crippen LogP contribution >= 0.6 is 11.3 Å². The molecule has 0 aliphatic rings. The number of aromatic nitrogens is 3. The Balaban J connectivity index is 2.17. The maximum Gasteiger partial charge on any atom is 0.134 e. The normalized spacial score (nSPS) is 12.0. The fraction of sp³-hybridized carbons (Fsp3) is 0.500. The van der Waals surface area contributed by atoms with E-state index in [9.17, 15) is 0 Å². The van der Waals surface area contributed by atoms with Gasteiger partial charge in [-0.2, -0.15) is 0 Å². The number of thiazole rings is 1. The summed E-state index contributed by atoms with van der Waals surface area (Å²) in [5.74, 6) is 0.678. The lowest BCUT2D eigenvalue weighted by molar-refractivity contribution is 0.266. The Morgan fingerprint density at radius 1 is 1.41 bits per heavy atom. The summed E-state index contributed by atoms with van der Waals surface area (Å²) >= 11 is 1.65. The van der Waals surface area contributed by atoms with E-state index in [-0.39, 0.29) is 12.0 Å². The van der Waals surface area contributed by atoms with Gasteiger partial charge in [-0.25, -0.2) is 9.97 Å². The van der Waals surface area contributed by atoms with Crippen LogP contribution in [0.2, 0.25) is 0 Å². The van der Waals surface area contributed by atoms with Crippen molar-refractivity contribution in [2.24, 2.45) is 0 Å². The summed E-state index contributed by atoms with van der Waals surface area (Å²) in [5, 5.41) is 12.3. The van der Waals surface area contributed by atoms with Crippen LogP contribution in [-0.4, -0.2) is 19.6 Å². The zero-order valence-corrected chi connectivity index (χ0v) is 11.2. The number of aliphatic hydroxyl groups is 1. The lowest BCUT2D eigenvalue weighted by Crippen LogP contribution is -2.12. The van der Waals surface area contributed by atoms with Crippen LogP contribution in [0.15, 0.2) is 17.8 Å². The molecule has 0 aliphatic heterocycles.